The zero-order valence-corrected chi connectivity index (χ0v) is 12.5. The normalized spacial score (nSPS) is 12.1. The third-order valence-electron chi connectivity index (χ3n) is 2.66. The van der Waals surface area contributed by atoms with E-state index >= 15 is 0 Å². The molecule has 0 saturated heterocycles. The maximum Gasteiger partial charge on any atom is 0.305 e. The number of benzene rings is 1. The van der Waals surface area contributed by atoms with Gasteiger partial charge in [0.1, 0.15) is 0 Å². The molecule has 0 atom stereocenters. The van der Waals surface area contributed by atoms with Gasteiger partial charge in [0, 0.05) is 5.71 Å². The van der Waals surface area contributed by atoms with Crippen molar-refractivity contribution in [1.29, 1.82) is 0 Å². The summed E-state index contributed by atoms with van der Waals surface area (Å²) < 4.78 is 28.6. The van der Waals surface area contributed by atoms with Crippen LogP contribution in [0.5, 0.6) is 0 Å². The lowest BCUT2D eigenvalue weighted by atomic mass is 10.2. The maximum absolute atomic E-state index is 12.0. The molecule has 0 heterocycles. The zero-order valence-electron chi connectivity index (χ0n) is 11.7. The Morgan fingerprint density at radius 3 is 2.55 bits per heavy atom. The summed E-state index contributed by atoms with van der Waals surface area (Å²) in [5.41, 5.74) is 1.15. The molecule has 0 amide bonds. The Labute approximate surface area is 118 Å². The summed E-state index contributed by atoms with van der Waals surface area (Å²) in [6.07, 6.45) is 0.501. The van der Waals surface area contributed by atoms with E-state index in [1.165, 1.54) is 13.2 Å². The molecule has 1 N–H and O–H groups in total. The highest BCUT2D eigenvalue weighted by Crippen LogP contribution is 2.13. The lowest BCUT2D eigenvalue weighted by molar-refractivity contribution is -0.140. The van der Waals surface area contributed by atoms with Crippen molar-refractivity contribution in [3.05, 3.63) is 29.8 Å². The van der Waals surface area contributed by atoms with E-state index < -0.39 is 10.0 Å². The minimum Gasteiger partial charge on any atom is -0.469 e. The van der Waals surface area contributed by atoms with E-state index in [2.05, 4.69) is 14.7 Å². The molecule has 0 fully saturated rings. The lowest BCUT2D eigenvalue weighted by Gasteiger charge is -2.07. The van der Waals surface area contributed by atoms with Gasteiger partial charge in [0.25, 0.3) is 10.0 Å². The first-order valence-corrected chi connectivity index (χ1v) is 7.52. The van der Waals surface area contributed by atoms with Gasteiger partial charge in [-0.3, -0.25) is 4.79 Å². The summed E-state index contributed by atoms with van der Waals surface area (Å²) in [5, 5.41) is 3.79. The van der Waals surface area contributed by atoms with Crippen LogP contribution in [0.15, 0.2) is 34.3 Å². The second kappa shape index (κ2) is 7.04. The Hall–Kier alpha value is -1.89. The number of carbonyl (C=O) groups is 1. The predicted molar refractivity (Wildman–Crippen MR) is 75.9 cm³/mol. The highest BCUT2D eigenvalue weighted by atomic mass is 32.2. The monoisotopic (exact) mass is 298 g/mol. The van der Waals surface area contributed by atoms with E-state index in [1.807, 2.05) is 0 Å². The number of methoxy groups -OCH3 is 1. The van der Waals surface area contributed by atoms with Crippen molar-refractivity contribution in [3.63, 3.8) is 0 Å². The van der Waals surface area contributed by atoms with Crippen molar-refractivity contribution in [2.75, 3.05) is 7.11 Å². The second-order valence-electron chi connectivity index (χ2n) is 4.28. The molecule has 0 saturated carbocycles. The van der Waals surface area contributed by atoms with Gasteiger partial charge in [0.05, 0.1) is 18.4 Å². The standard InChI is InChI=1S/C13H18N2O4S/c1-10-6-4-5-7-12(10)20(17,18)15-14-11(2)8-9-13(16)19-3/h4-7,15H,8-9H2,1-3H3/b14-11+. The van der Waals surface area contributed by atoms with Crippen LogP contribution < -0.4 is 4.83 Å². The number of hydrogen-bond acceptors (Lipinski definition) is 5. The summed E-state index contributed by atoms with van der Waals surface area (Å²) in [6, 6.07) is 6.63. The minimum atomic E-state index is -3.68. The largest absolute Gasteiger partial charge is 0.469 e. The van der Waals surface area contributed by atoms with Crippen LogP contribution in [0.25, 0.3) is 0 Å². The topological polar surface area (TPSA) is 84.8 Å². The molecule has 7 heteroatoms. The van der Waals surface area contributed by atoms with Crippen LogP contribution in [0.4, 0.5) is 0 Å². The van der Waals surface area contributed by atoms with Gasteiger partial charge in [0.2, 0.25) is 0 Å². The van der Waals surface area contributed by atoms with Crippen LogP contribution in [0.3, 0.4) is 0 Å². The molecule has 1 aromatic carbocycles. The van der Waals surface area contributed by atoms with Crippen LogP contribution in [0, 0.1) is 6.92 Å². The number of nitrogens with one attached hydrogen (secondary N) is 1. The fraction of sp³-hybridized carbons (Fsp3) is 0.385. The van der Waals surface area contributed by atoms with Crippen molar-refractivity contribution in [2.45, 2.75) is 31.6 Å². The Morgan fingerprint density at radius 2 is 1.95 bits per heavy atom. The molecule has 0 spiro atoms. The SMILES string of the molecule is COC(=O)CC/C(C)=N/NS(=O)(=O)c1ccccc1C. The number of hydrogen-bond donors (Lipinski definition) is 1. The van der Waals surface area contributed by atoms with E-state index in [-0.39, 0.29) is 17.3 Å². The van der Waals surface area contributed by atoms with Crippen molar-refractivity contribution in [2.24, 2.45) is 5.10 Å². The minimum absolute atomic E-state index is 0.165. The third-order valence-corrected chi connectivity index (χ3v) is 4.03. The maximum atomic E-state index is 12.0. The Kier molecular flexibility index (Phi) is 5.69. The van der Waals surface area contributed by atoms with Gasteiger partial charge < -0.3 is 4.74 Å². The first-order chi connectivity index (χ1) is 9.36. The van der Waals surface area contributed by atoms with E-state index in [0.29, 0.717) is 17.7 Å². The molecule has 0 unspecified atom stereocenters. The third kappa shape index (κ3) is 4.65. The number of sulfonamides is 1. The van der Waals surface area contributed by atoms with Crippen LogP contribution in [0.2, 0.25) is 0 Å². The molecule has 0 aromatic heterocycles. The average molecular weight is 298 g/mol. The van der Waals surface area contributed by atoms with Crippen molar-refractivity contribution in [3.8, 4) is 0 Å². The molecule has 20 heavy (non-hydrogen) atoms. The molecule has 0 aliphatic rings. The van der Waals surface area contributed by atoms with Gasteiger partial charge in [-0.25, -0.2) is 4.83 Å². The van der Waals surface area contributed by atoms with Crippen LogP contribution >= 0.6 is 0 Å². The number of nitrogens with zero attached hydrogens (tertiary/aromatic N) is 1. The lowest BCUT2D eigenvalue weighted by Crippen LogP contribution is -2.20. The van der Waals surface area contributed by atoms with Crippen molar-refractivity contribution >= 4 is 21.7 Å². The van der Waals surface area contributed by atoms with E-state index in [4.69, 9.17) is 0 Å². The predicted octanol–water partition coefficient (Wildman–Crippen LogP) is 1.60. The highest BCUT2D eigenvalue weighted by Gasteiger charge is 2.15. The van der Waals surface area contributed by atoms with Gasteiger partial charge in [-0.2, -0.15) is 13.5 Å². The van der Waals surface area contributed by atoms with Crippen LogP contribution in [-0.4, -0.2) is 27.2 Å². The smallest absolute Gasteiger partial charge is 0.305 e. The van der Waals surface area contributed by atoms with Crippen molar-refractivity contribution < 1.29 is 17.9 Å². The van der Waals surface area contributed by atoms with Crippen LogP contribution in [-0.2, 0) is 19.6 Å². The number of ether oxygens (including phenoxy) is 1. The van der Waals surface area contributed by atoms with Crippen molar-refractivity contribution in [1.82, 2.24) is 4.83 Å². The van der Waals surface area contributed by atoms with Gasteiger partial charge in [-0.05, 0) is 31.9 Å². The Bertz CT molecular complexity index is 609. The number of hydrazone groups is 1. The molecule has 0 aliphatic carbocycles. The molecule has 1 rings (SSSR count). The number of esters is 1. The Morgan fingerprint density at radius 1 is 1.30 bits per heavy atom. The molecule has 0 aliphatic heterocycles. The fourth-order valence-electron chi connectivity index (χ4n) is 1.49. The van der Waals surface area contributed by atoms with E-state index in [9.17, 15) is 13.2 Å². The van der Waals surface area contributed by atoms with Gasteiger partial charge in [0.15, 0.2) is 0 Å². The summed E-state index contributed by atoms with van der Waals surface area (Å²) in [6.45, 7) is 3.35. The van der Waals surface area contributed by atoms with Gasteiger partial charge >= 0.3 is 5.97 Å². The molecule has 1 aromatic rings. The summed E-state index contributed by atoms with van der Waals surface area (Å²) in [4.78, 5) is 13.3. The molecule has 110 valence electrons. The molecular weight excluding hydrogens is 280 g/mol. The summed E-state index contributed by atoms with van der Waals surface area (Å²) in [5.74, 6) is -0.360. The van der Waals surface area contributed by atoms with E-state index in [0.717, 1.165) is 0 Å². The number of rotatable bonds is 6. The quantitative estimate of drug-likeness (QED) is 0.491. The summed E-state index contributed by atoms with van der Waals surface area (Å²) in [7, 11) is -2.38. The van der Waals surface area contributed by atoms with Gasteiger partial charge in [-0.1, -0.05) is 18.2 Å². The fourth-order valence-corrected chi connectivity index (χ4v) is 2.61. The summed E-state index contributed by atoms with van der Waals surface area (Å²) >= 11 is 0. The van der Waals surface area contributed by atoms with E-state index in [1.54, 1.807) is 32.0 Å². The second-order valence-corrected chi connectivity index (χ2v) is 5.91. The highest BCUT2D eigenvalue weighted by molar-refractivity contribution is 7.89. The molecule has 0 radical (unpaired) electrons. The zero-order chi connectivity index (χ0) is 15.2. The van der Waals surface area contributed by atoms with Gasteiger partial charge in [-0.15, -0.1) is 0 Å². The molecular formula is C13H18N2O4S. The first-order valence-electron chi connectivity index (χ1n) is 6.04. The first kappa shape index (κ1) is 16.2. The number of aryl methyl sites for hydroxylation is 1. The molecule has 0 bridgehead atoms. The average Bonchev–Trinajstić information content (AvgIpc) is 2.42. The van der Waals surface area contributed by atoms with Crippen LogP contribution in [0.1, 0.15) is 25.3 Å². The number of carbonyl (C=O) groups excluding carboxylic acids is 1. The Balaban J connectivity index is 2.73. The molecule has 6 nitrogen and oxygen atoms in total.